The highest BCUT2D eigenvalue weighted by molar-refractivity contribution is 6.04. The molecule has 4 rings (SSSR count). The van der Waals surface area contributed by atoms with Gasteiger partial charge >= 0.3 is 0 Å². The summed E-state index contributed by atoms with van der Waals surface area (Å²) in [5, 5.41) is 4.58. The van der Waals surface area contributed by atoms with E-state index in [4.69, 9.17) is 0 Å². The molecule has 30 heavy (non-hydrogen) atoms. The van der Waals surface area contributed by atoms with Gasteiger partial charge in [0.05, 0.1) is 11.7 Å². The number of aromatic nitrogens is 2. The molecule has 0 atom stereocenters. The number of hydrogen-bond acceptors (Lipinski definition) is 6. The minimum absolute atomic E-state index is 0.00841. The third-order valence-electron chi connectivity index (χ3n) is 5.48. The van der Waals surface area contributed by atoms with Crippen molar-refractivity contribution < 1.29 is 19.2 Å². The summed E-state index contributed by atoms with van der Waals surface area (Å²) in [7, 11) is 0. The maximum absolute atomic E-state index is 12.7. The number of imide groups is 1. The Morgan fingerprint density at radius 3 is 2.03 bits per heavy atom. The summed E-state index contributed by atoms with van der Waals surface area (Å²) in [5.74, 6) is -1.09. The molecule has 2 aliphatic rings. The van der Waals surface area contributed by atoms with Crippen molar-refractivity contribution in [1.82, 2.24) is 24.5 Å². The van der Waals surface area contributed by atoms with Gasteiger partial charge in [0.1, 0.15) is 13.1 Å². The molecule has 0 N–H and O–H groups in total. The summed E-state index contributed by atoms with van der Waals surface area (Å²) in [6, 6.07) is 6.98. The van der Waals surface area contributed by atoms with E-state index in [1.807, 2.05) is 0 Å². The summed E-state index contributed by atoms with van der Waals surface area (Å²) in [4.78, 5) is 64.7. The van der Waals surface area contributed by atoms with Gasteiger partial charge in [-0.3, -0.25) is 33.6 Å². The zero-order valence-corrected chi connectivity index (χ0v) is 16.3. The number of nitrogens with zero attached hydrogens (tertiary/aromatic N) is 5. The van der Waals surface area contributed by atoms with E-state index in [0.717, 1.165) is 4.90 Å². The van der Waals surface area contributed by atoms with Crippen molar-refractivity contribution in [3.8, 4) is 0 Å². The molecule has 0 unspecified atom stereocenters. The molecule has 3 heterocycles. The van der Waals surface area contributed by atoms with E-state index in [9.17, 15) is 24.0 Å². The Labute approximate surface area is 171 Å². The average molecular weight is 411 g/mol. The van der Waals surface area contributed by atoms with Crippen LogP contribution < -0.4 is 5.43 Å². The number of carbonyl (C=O) groups is 4. The summed E-state index contributed by atoms with van der Waals surface area (Å²) in [5.41, 5.74) is 0.392. The van der Waals surface area contributed by atoms with Gasteiger partial charge in [-0.05, 0) is 12.1 Å². The molecule has 0 aliphatic carbocycles. The molecule has 4 amide bonds. The van der Waals surface area contributed by atoms with Crippen LogP contribution in [0.4, 0.5) is 0 Å². The van der Waals surface area contributed by atoms with Crippen LogP contribution in [0.1, 0.15) is 12.8 Å². The first-order valence-electron chi connectivity index (χ1n) is 9.77. The van der Waals surface area contributed by atoms with Crippen molar-refractivity contribution in [2.75, 3.05) is 32.7 Å². The van der Waals surface area contributed by atoms with Crippen molar-refractivity contribution >= 4 is 34.5 Å². The molecule has 10 nitrogen and oxygen atoms in total. The van der Waals surface area contributed by atoms with E-state index in [1.54, 1.807) is 34.1 Å². The SMILES string of the molecule is O=C(CN1C(=O)CCC1=O)N1CCN(C(=O)Cn2ncc(=O)c3ccccc32)CC1. The van der Waals surface area contributed by atoms with Gasteiger partial charge < -0.3 is 9.80 Å². The van der Waals surface area contributed by atoms with Gasteiger partial charge in [-0.1, -0.05) is 12.1 Å². The van der Waals surface area contributed by atoms with Crippen molar-refractivity contribution in [1.29, 1.82) is 0 Å². The third-order valence-corrected chi connectivity index (χ3v) is 5.48. The topological polar surface area (TPSA) is 113 Å². The van der Waals surface area contributed by atoms with Crippen molar-refractivity contribution in [2.24, 2.45) is 0 Å². The molecule has 0 saturated carbocycles. The van der Waals surface area contributed by atoms with E-state index in [0.29, 0.717) is 37.1 Å². The molecule has 1 aromatic carbocycles. The minimum atomic E-state index is -0.317. The van der Waals surface area contributed by atoms with Crippen molar-refractivity contribution in [2.45, 2.75) is 19.4 Å². The fraction of sp³-hybridized carbons (Fsp3) is 0.400. The van der Waals surface area contributed by atoms with Gasteiger partial charge in [0.2, 0.25) is 29.1 Å². The number of carbonyl (C=O) groups excluding carboxylic acids is 4. The van der Waals surface area contributed by atoms with Crippen molar-refractivity contribution in [3.63, 3.8) is 0 Å². The second kappa shape index (κ2) is 8.05. The molecule has 0 radical (unpaired) electrons. The number of fused-ring (bicyclic) bond motifs is 1. The molecule has 2 fully saturated rings. The molecule has 2 saturated heterocycles. The van der Waals surface area contributed by atoms with Crippen LogP contribution in [0, 0.1) is 0 Å². The van der Waals surface area contributed by atoms with Crippen LogP contribution >= 0.6 is 0 Å². The average Bonchev–Trinajstić information content (AvgIpc) is 3.08. The Morgan fingerprint density at radius 1 is 0.833 bits per heavy atom. The Bertz CT molecular complexity index is 1070. The Morgan fingerprint density at radius 2 is 1.40 bits per heavy atom. The lowest BCUT2D eigenvalue weighted by atomic mass is 10.2. The van der Waals surface area contributed by atoms with Crippen LogP contribution in [-0.4, -0.2) is 80.8 Å². The Kier molecular flexibility index (Phi) is 5.30. The van der Waals surface area contributed by atoms with E-state index in [1.165, 1.54) is 10.9 Å². The maximum Gasteiger partial charge on any atom is 0.244 e. The van der Waals surface area contributed by atoms with E-state index in [-0.39, 0.29) is 55.0 Å². The molecule has 1 aromatic heterocycles. The largest absolute Gasteiger partial charge is 0.338 e. The fourth-order valence-electron chi connectivity index (χ4n) is 3.75. The molecule has 0 bridgehead atoms. The molecule has 156 valence electrons. The number of benzene rings is 1. The predicted octanol–water partition coefficient (Wildman–Crippen LogP) is -0.784. The zero-order valence-electron chi connectivity index (χ0n) is 16.3. The normalized spacial score (nSPS) is 17.1. The number of piperazine rings is 1. The summed E-state index contributed by atoms with van der Waals surface area (Å²) >= 11 is 0. The molecule has 10 heteroatoms. The first-order valence-corrected chi connectivity index (χ1v) is 9.77. The van der Waals surface area contributed by atoms with Crippen molar-refractivity contribution in [3.05, 3.63) is 40.7 Å². The Hall–Kier alpha value is -3.56. The van der Waals surface area contributed by atoms with Gasteiger partial charge in [-0.25, -0.2) is 0 Å². The molecule has 0 spiro atoms. The monoisotopic (exact) mass is 411 g/mol. The van der Waals surface area contributed by atoms with Gasteiger partial charge in [0, 0.05) is 44.4 Å². The van der Waals surface area contributed by atoms with Crippen LogP contribution in [-0.2, 0) is 25.7 Å². The molecular formula is C20H21N5O5. The van der Waals surface area contributed by atoms with Gasteiger partial charge in [-0.2, -0.15) is 5.10 Å². The van der Waals surface area contributed by atoms with Gasteiger partial charge in [-0.15, -0.1) is 0 Å². The highest BCUT2D eigenvalue weighted by atomic mass is 16.2. The quantitative estimate of drug-likeness (QED) is 0.610. The van der Waals surface area contributed by atoms with E-state index < -0.39 is 0 Å². The van der Waals surface area contributed by atoms with Gasteiger partial charge in [0.15, 0.2) is 0 Å². The number of hydrogen-bond donors (Lipinski definition) is 0. The summed E-state index contributed by atoms with van der Waals surface area (Å²) < 4.78 is 1.50. The number of amides is 4. The molecule has 2 aliphatic heterocycles. The minimum Gasteiger partial charge on any atom is -0.338 e. The summed E-state index contributed by atoms with van der Waals surface area (Å²) in [6.07, 6.45) is 1.51. The highest BCUT2D eigenvalue weighted by Gasteiger charge is 2.33. The first-order chi connectivity index (χ1) is 14.4. The Balaban J connectivity index is 1.35. The lowest BCUT2D eigenvalue weighted by Gasteiger charge is -2.35. The zero-order chi connectivity index (χ0) is 21.3. The van der Waals surface area contributed by atoms with Gasteiger partial charge in [0.25, 0.3) is 0 Å². The smallest absolute Gasteiger partial charge is 0.244 e. The molecular weight excluding hydrogens is 390 g/mol. The second-order valence-electron chi connectivity index (χ2n) is 7.32. The maximum atomic E-state index is 12.7. The first kappa shape index (κ1) is 19.7. The van der Waals surface area contributed by atoms with E-state index >= 15 is 0 Å². The standard InChI is InChI=1S/C20H21N5O5/c26-16-11-21-25(15-4-2-1-3-14(15)16)13-20(30)23-9-7-22(8-10-23)19(29)12-24-17(27)5-6-18(24)28/h1-4,11H,5-10,12-13H2. The lowest BCUT2D eigenvalue weighted by molar-refractivity contribution is -0.147. The predicted molar refractivity (Wildman–Crippen MR) is 105 cm³/mol. The van der Waals surface area contributed by atoms with E-state index in [2.05, 4.69) is 5.10 Å². The van der Waals surface area contributed by atoms with Crippen LogP contribution in [0.5, 0.6) is 0 Å². The number of rotatable bonds is 4. The molecule has 2 aromatic rings. The number of para-hydroxylation sites is 1. The third kappa shape index (κ3) is 3.80. The second-order valence-corrected chi connectivity index (χ2v) is 7.32. The van der Waals surface area contributed by atoms with Crippen LogP contribution in [0.2, 0.25) is 0 Å². The van der Waals surface area contributed by atoms with Crippen LogP contribution in [0.25, 0.3) is 10.9 Å². The van der Waals surface area contributed by atoms with Crippen LogP contribution in [0.3, 0.4) is 0 Å². The van der Waals surface area contributed by atoms with Crippen LogP contribution in [0.15, 0.2) is 35.3 Å². The number of likely N-dealkylation sites (tertiary alicyclic amines) is 1. The lowest BCUT2D eigenvalue weighted by Crippen LogP contribution is -2.53. The highest BCUT2D eigenvalue weighted by Crippen LogP contribution is 2.13. The fourth-order valence-corrected chi connectivity index (χ4v) is 3.75. The summed E-state index contributed by atoms with van der Waals surface area (Å²) in [6.45, 7) is 1.12.